The molecule has 3 heterocycles. The summed E-state index contributed by atoms with van der Waals surface area (Å²) in [5.74, 6) is 0.470. The van der Waals surface area contributed by atoms with Crippen LogP contribution in [0.5, 0.6) is 0 Å². The maximum Gasteiger partial charge on any atom is 0.253 e. The van der Waals surface area contributed by atoms with Gasteiger partial charge in [-0.05, 0) is 56.0 Å². The molecule has 0 radical (unpaired) electrons. The van der Waals surface area contributed by atoms with E-state index in [1.807, 2.05) is 40.0 Å². The number of carbonyl (C=O) groups excluding carboxylic acids is 1. The highest BCUT2D eigenvalue weighted by Crippen LogP contribution is 2.46. The normalized spacial score (nSPS) is 21.4. The maximum atomic E-state index is 12.5. The van der Waals surface area contributed by atoms with E-state index in [1.54, 1.807) is 18.5 Å². The van der Waals surface area contributed by atoms with E-state index in [-0.39, 0.29) is 11.8 Å². The van der Waals surface area contributed by atoms with Gasteiger partial charge >= 0.3 is 0 Å². The van der Waals surface area contributed by atoms with Gasteiger partial charge in [0, 0.05) is 42.3 Å². The second-order valence-electron chi connectivity index (χ2n) is 8.93. The Balaban J connectivity index is 1.30. The lowest BCUT2D eigenvalue weighted by Gasteiger charge is -2.43. The summed E-state index contributed by atoms with van der Waals surface area (Å²) < 4.78 is 1.81. The number of benzene rings is 1. The molecule has 0 spiro atoms. The maximum absolute atomic E-state index is 12.5. The summed E-state index contributed by atoms with van der Waals surface area (Å²) in [5.41, 5.74) is 2.56. The van der Waals surface area contributed by atoms with Crippen molar-refractivity contribution in [3.05, 3.63) is 54.5 Å². The number of nitrogens with one attached hydrogen (secondary N) is 1. The minimum Gasteiger partial charge on any atom is -0.339 e. The molecule has 1 saturated heterocycles. The highest BCUT2D eigenvalue weighted by molar-refractivity contribution is 5.94. The molecule has 1 aliphatic heterocycles. The summed E-state index contributed by atoms with van der Waals surface area (Å²) in [7, 11) is 0. The first-order valence-electron chi connectivity index (χ1n) is 11.4. The Kier molecular flexibility index (Phi) is 5.69. The van der Waals surface area contributed by atoms with Crippen LogP contribution in [0.3, 0.4) is 0 Å². The Morgan fingerprint density at radius 2 is 1.91 bits per heavy atom. The average Bonchev–Trinajstić information content (AvgIpc) is 3.54. The Labute approximate surface area is 197 Å². The van der Waals surface area contributed by atoms with Gasteiger partial charge in [0.25, 0.3) is 5.91 Å². The number of amides is 1. The largest absolute Gasteiger partial charge is 0.339 e. The standard InChI is InChI=1S/C25H24N8O/c26-9-8-25(13-18(14-25)15-27)33-17-20(16-29-33)22-7-10-28-24(31-22)30-21-5-3-19(4-6-21)23(34)32-11-1-2-12-32/h3-7,10,16-18H,1-2,8,11-14H2,(H,28,30,31). The van der Waals surface area contributed by atoms with E-state index in [0.29, 0.717) is 36.5 Å². The predicted molar refractivity (Wildman–Crippen MR) is 125 cm³/mol. The number of rotatable bonds is 6. The van der Waals surface area contributed by atoms with Gasteiger partial charge in [-0.2, -0.15) is 15.6 Å². The topological polar surface area (TPSA) is 124 Å². The summed E-state index contributed by atoms with van der Waals surface area (Å²) in [5, 5.41) is 26.1. The number of aromatic nitrogens is 4. The van der Waals surface area contributed by atoms with Crippen molar-refractivity contribution >= 4 is 17.5 Å². The third kappa shape index (κ3) is 4.08. The van der Waals surface area contributed by atoms with Crippen LogP contribution in [0.15, 0.2) is 48.9 Å². The molecule has 2 aliphatic rings. The molecule has 170 valence electrons. The first kappa shape index (κ1) is 21.6. The molecule has 9 heteroatoms. The van der Waals surface area contributed by atoms with E-state index in [9.17, 15) is 10.1 Å². The molecule has 2 aromatic heterocycles. The van der Waals surface area contributed by atoms with Gasteiger partial charge in [-0.25, -0.2) is 9.97 Å². The third-order valence-electron chi connectivity index (χ3n) is 6.64. The molecular formula is C25H24N8O. The molecule has 3 aromatic rings. The number of hydrogen-bond acceptors (Lipinski definition) is 7. The molecule has 1 N–H and O–H groups in total. The zero-order valence-corrected chi connectivity index (χ0v) is 18.7. The van der Waals surface area contributed by atoms with E-state index < -0.39 is 5.54 Å². The molecule has 2 fully saturated rings. The average molecular weight is 453 g/mol. The van der Waals surface area contributed by atoms with Crippen LogP contribution in [0, 0.1) is 28.6 Å². The quantitative estimate of drug-likeness (QED) is 0.602. The van der Waals surface area contributed by atoms with E-state index in [2.05, 4.69) is 32.5 Å². The van der Waals surface area contributed by atoms with Crippen LogP contribution >= 0.6 is 0 Å². The molecule has 1 amide bonds. The molecule has 1 aliphatic carbocycles. The lowest BCUT2D eigenvalue weighted by molar-refractivity contribution is 0.0793. The van der Waals surface area contributed by atoms with Gasteiger partial charge in [-0.3, -0.25) is 9.48 Å². The summed E-state index contributed by atoms with van der Waals surface area (Å²) in [6.45, 7) is 1.65. The van der Waals surface area contributed by atoms with E-state index in [1.165, 1.54) is 0 Å². The van der Waals surface area contributed by atoms with Crippen molar-refractivity contribution < 1.29 is 4.79 Å². The van der Waals surface area contributed by atoms with E-state index >= 15 is 0 Å². The van der Waals surface area contributed by atoms with Gasteiger partial charge in [0.05, 0.1) is 41.9 Å². The minimum absolute atomic E-state index is 0.0344. The van der Waals surface area contributed by atoms with Crippen LogP contribution in [-0.4, -0.2) is 43.6 Å². The smallest absolute Gasteiger partial charge is 0.253 e. The van der Waals surface area contributed by atoms with Crippen LogP contribution in [0.4, 0.5) is 11.6 Å². The summed E-state index contributed by atoms with van der Waals surface area (Å²) in [6, 6.07) is 13.7. The highest BCUT2D eigenvalue weighted by Gasteiger charge is 2.46. The van der Waals surface area contributed by atoms with Gasteiger partial charge in [0.2, 0.25) is 5.95 Å². The second kappa shape index (κ2) is 8.95. The Bertz CT molecular complexity index is 1270. The number of hydrogen-bond donors (Lipinski definition) is 1. The van der Waals surface area contributed by atoms with Crippen molar-refractivity contribution in [2.45, 2.75) is 37.6 Å². The van der Waals surface area contributed by atoms with Gasteiger partial charge in [-0.15, -0.1) is 0 Å². The van der Waals surface area contributed by atoms with Crippen LogP contribution in [0.25, 0.3) is 11.3 Å². The number of nitriles is 2. The third-order valence-corrected chi connectivity index (χ3v) is 6.64. The highest BCUT2D eigenvalue weighted by atomic mass is 16.2. The molecule has 0 atom stereocenters. The lowest BCUT2D eigenvalue weighted by atomic mass is 9.67. The van der Waals surface area contributed by atoms with Crippen molar-refractivity contribution in [3.63, 3.8) is 0 Å². The van der Waals surface area contributed by atoms with Crippen molar-refractivity contribution in [2.24, 2.45) is 5.92 Å². The van der Waals surface area contributed by atoms with Crippen LogP contribution in [-0.2, 0) is 5.54 Å². The number of nitrogens with zero attached hydrogens (tertiary/aromatic N) is 7. The van der Waals surface area contributed by atoms with Crippen molar-refractivity contribution in [1.82, 2.24) is 24.6 Å². The minimum atomic E-state index is -0.421. The molecule has 0 unspecified atom stereocenters. The zero-order valence-electron chi connectivity index (χ0n) is 18.7. The fourth-order valence-corrected chi connectivity index (χ4v) is 4.73. The Morgan fingerprint density at radius 1 is 1.15 bits per heavy atom. The Morgan fingerprint density at radius 3 is 2.62 bits per heavy atom. The number of anilines is 2. The predicted octanol–water partition coefficient (Wildman–Crippen LogP) is 3.86. The first-order chi connectivity index (χ1) is 16.6. The number of carbonyl (C=O) groups is 1. The van der Waals surface area contributed by atoms with Crippen molar-refractivity contribution in [3.8, 4) is 23.4 Å². The molecule has 0 bridgehead atoms. The van der Waals surface area contributed by atoms with E-state index in [0.717, 1.165) is 37.2 Å². The SMILES string of the molecule is N#CCC1(n2cc(-c3ccnc(Nc4ccc(C(=O)N5CCCC5)cc4)n3)cn2)CC(C#N)C1. The van der Waals surface area contributed by atoms with Crippen LogP contribution in [0.2, 0.25) is 0 Å². The molecule has 34 heavy (non-hydrogen) atoms. The molecule has 1 saturated carbocycles. The van der Waals surface area contributed by atoms with Gasteiger partial charge in [0.1, 0.15) is 0 Å². The fraction of sp³-hybridized carbons (Fsp3) is 0.360. The monoisotopic (exact) mass is 452 g/mol. The summed E-state index contributed by atoms with van der Waals surface area (Å²) in [6.07, 6.45) is 9.00. The van der Waals surface area contributed by atoms with Gasteiger partial charge in [-0.1, -0.05) is 0 Å². The van der Waals surface area contributed by atoms with Gasteiger partial charge in [0.15, 0.2) is 0 Å². The summed E-state index contributed by atoms with van der Waals surface area (Å²) >= 11 is 0. The summed E-state index contributed by atoms with van der Waals surface area (Å²) in [4.78, 5) is 23.3. The van der Waals surface area contributed by atoms with Crippen LogP contribution < -0.4 is 5.32 Å². The molecule has 5 rings (SSSR count). The molecule has 9 nitrogen and oxygen atoms in total. The second-order valence-corrected chi connectivity index (χ2v) is 8.93. The van der Waals surface area contributed by atoms with E-state index in [4.69, 9.17) is 5.26 Å². The molecular weight excluding hydrogens is 428 g/mol. The van der Waals surface area contributed by atoms with Gasteiger partial charge < -0.3 is 10.2 Å². The molecule has 1 aromatic carbocycles. The first-order valence-corrected chi connectivity index (χ1v) is 11.4. The zero-order chi connectivity index (χ0) is 23.5. The van der Waals surface area contributed by atoms with Crippen molar-refractivity contribution in [1.29, 1.82) is 10.5 Å². The fourth-order valence-electron chi connectivity index (χ4n) is 4.73. The number of likely N-dealkylation sites (tertiary alicyclic amines) is 1. The van der Waals surface area contributed by atoms with Crippen LogP contribution in [0.1, 0.15) is 42.5 Å². The lowest BCUT2D eigenvalue weighted by Crippen LogP contribution is -2.46. The Hall–Kier alpha value is -4.24. The van der Waals surface area contributed by atoms with Crippen molar-refractivity contribution in [2.75, 3.05) is 18.4 Å².